The van der Waals surface area contributed by atoms with Crippen molar-refractivity contribution in [3.63, 3.8) is 0 Å². The van der Waals surface area contributed by atoms with Crippen molar-refractivity contribution in [1.82, 2.24) is 9.62 Å². The van der Waals surface area contributed by atoms with Gasteiger partial charge < -0.3 is 15.0 Å². The number of ether oxygens (including phenoxy) is 1. The molecule has 0 radical (unpaired) electrons. The number of carbonyl (C=O) groups excluding carboxylic acids is 1. The van der Waals surface area contributed by atoms with Gasteiger partial charge in [0.25, 0.3) is 5.91 Å². The Morgan fingerprint density at radius 3 is 2.59 bits per heavy atom. The van der Waals surface area contributed by atoms with Crippen LogP contribution < -0.4 is 10.2 Å². The second-order valence-electron chi connectivity index (χ2n) is 6.98. The number of sulfonamides is 1. The second-order valence-corrected chi connectivity index (χ2v) is 9.29. The summed E-state index contributed by atoms with van der Waals surface area (Å²) in [6, 6.07) is 4.44. The molecule has 1 amide bonds. The van der Waals surface area contributed by atoms with E-state index in [1.165, 1.54) is 21.3 Å². The molecule has 0 unspecified atom stereocenters. The van der Waals surface area contributed by atoms with Gasteiger partial charge in [0.05, 0.1) is 31.3 Å². The molecule has 2 N–H and O–H groups in total. The van der Waals surface area contributed by atoms with Crippen molar-refractivity contribution in [2.45, 2.75) is 24.2 Å². The average Bonchev–Trinajstić information content (AvgIpc) is 2.69. The van der Waals surface area contributed by atoms with Crippen LogP contribution in [0.25, 0.3) is 0 Å². The predicted octanol–water partition coefficient (Wildman–Crippen LogP) is 0.160. The van der Waals surface area contributed by atoms with Crippen LogP contribution in [-0.2, 0) is 14.8 Å². The summed E-state index contributed by atoms with van der Waals surface area (Å²) in [5.41, 5.74) is 0.312. The first-order valence-corrected chi connectivity index (χ1v) is 11.3. The molecule has 9 heteroatoms. The maximum Gasteiger partial charge on any atom is 0.251 e. The zero-order valence-corrected chi connectivity index (χ0v) is 16.9. The first-order valence-electron chi connectivity index (χ1n) is 9.48. The standard InChI is InChI=1S/C18H26ClN3O4S/c19-16-5-4-15(18(23)20-6-9-21-10-12-26-13-11-21)14-17(16)27(24,25)22-7-2-1-3-8-22/h4-5,14H,1-3,6-13H2,(H,20,23)/p+1. The molecular weight excluding hydrogens is 390 g/mol. The molecule has 7 nitrogen and oxygen atoms in total. The number of quaternary nitrogens is 1. The lowest BCUT2D eigenvalue weighted by atomic mass is 10.2. The summed E-state index contributed by atoms with van der Waals surface area (Å²) < 4.78 is 32.6. The highest BCUT2D eigenvalue weighted by molar-refractivity contribution is 7.89. The zero-order chi connectivity index (χ0) is 19.3. The molecule has 0 aromatic heterocycles. The number of rotatable bonds is 6. The number of carbonyl (C=O) groups is 1. The molecule has 0 saturated carbocycles. The SMILES string of the molecule is O=C(NCC[NH+]1CCOCC1)c1ccc(Cl)c(S(=O)(=O)N2CCCCC2)c1. The van der Waals surface area contributed by atoms with Crippen LogP contribution in [0, 0.1) is 0 Å². The van der Waals surface area contributed by atoms with Gasteiger partial charge >= 0.3 is 0 Å². The van der Waals surface area contributed by atoms with Crippen LogP contribution in [0.2, 0.25) is 5.02 Å². The fourth-order valence-electron chi connectivity index (χ4n) is 3.45. The molecule has 2 saturated heterocycles. The molecule has 150 valence electrons. The molecule has 1 aromatic carbocycles. The molecule has 2 fully saturated rings. The van der Waals surface area contributed by atoms with E-state index >= 15 is 0 Å². The highest BCUT2D eigenvalue weighted by Crippen LogP contribution is 2.27. The van der Waals surface area contributed by atoms with Crippen LogP contribution in [0.3, 0.4) is 0 Å². The van der Waals surface area contributed by atoms with E-state index in [1.807, 2.05) is 0 Å². The van der Waals surface area contributed by atoms with Crippen molar-refractivity contribution in [3.05, 3.63) is 28.8 Å². The van der Waals surface area contributed by atoms with Crippen LogP contribution >= 0.6 is 11.6 Å². The fourth-order valence-corrected chi connectivity index (χ4v) is 5.47. The number of nitrogens with one attached hydrogen (secondary N) is 2. The van der Waals surface area contributed by atoms with E-state index in [1.54, 1.807) is 6.07 Å². The molecule has 0 spiro atoms. The van der Waals surface area contributed by atoms with Gasteiger partial charge in [-0.1, -0.05) is 18.0 Å². The van der Waals surface area contributed by atoms with Crippen LogP contribution in [0.4, 0.5) is 0 Å². The Balaban J connectivity index is 1.65. The van der Waals surface area contributed by atoms with Crippen molar-refractivity contribution >= 4 is 27.5 Å². The van der Waals surface area contributed by atoms with E-state index in [4.69, 9.17) is 16.3 Å². The number of benzene rings is 1. The highest BCUT2D eigenvalue weighted by atomic mass is 35.5. The van der Waals surface area contributed by atoms with Gasteiger partial charge in [-0.05, 0) is 31.0 Å². The van der Waals surface area contributed by atoms with Gasteiger partial charge in [-0.15, -0.1) is 0 Å². The highest BCUT2D eigenvalue weighted by Gasteiger charge is 2.28. The monoisotopic (exact) mass is 416 g/mol. The van der Waals surface area contributed by atoms with Crippen molar-refractivity contribution in [3.8, 4) is 0 Å². The summed E-state index contributed by atoms with van der Waals surface area (Å²) in [5, 5.41) is 3.02. The molecule has 0 atom stereocenters. The van der Waals surface area contributed by atoms with Gasteiger partial charge in [0.15, 0.2) is 0 Å². The Bertz CT molecular complexity index is 760. The van der Waals surface area contributed by atoms with Gasteiger partial charge in [0.2, 0.25) is 10.0 Å². The Morgan fingerprint density at radius 1 is 1.19 bits per heavy atom. The summed E-state index contributed by atoms with van der Waals surface area (Å²) in [7, 11) is -3.68. The third-order valence-corrected chi connectivity index (χ3v) is 7.47. The van der Waals surface area contributed by atoms with Crippen molar-refractivity contribution in [2.24, 2.45) is 0 Å². The first-order chi connectivity index (χ1) is 13.0. The van der Waals surface area contributed by atoms with Crippen LogP contribution in [0.5, 0.6) is 0 Å². The summed E-state index contributed by atoms with van der Waals surface area (Å²) in [5.74, 6) is -0.283. The van der Waals surface area contributed by atoms with Crippen molar-refractivity contribution in [1.29, 1.82) is 0 Å². The van der Waals surface area contributed by atoms with Gasteiger partial charge in [-0.25, -0.2) is 8.42 Å². The zero-order valence-electron chi connectivity index (χ0n) is 15.4. The lowest BCUT2D eigenvalue weighted by Crippen LogP contribution is -3.14. The minimum Gasteiger partial charge on any atom is -0.370 e. The lowest BCUT2D eigenvalue weighted by Gasteiger charge is -2.26. The Kier molecular flexibility index (Phi) is 7.10. The molecule has 3 rings (SSSR count). The number of nitrogens with zero attached hydrogens (tertiary/aromatic N) is 1. The van der Waals surface area contributed by atoms with E-state index in [-0.39, 0.29) is 15.8 Å². The molecule has 0 aliphatic carbocycles. The third-order valence-electron chi connectivity index (χ3n) is 5.09. The van der Waals surface area contributed by atoms with E-state index < -0.39 is 10.0 Å². The smallest absolute Gasteiger partial charge is 0.251 e. The Labute approximate surface area is 165 Å². The number of amides is 1. The summed E-state index contributed by atoms with van der Waals surface area (Å²) in [6.45, 7) is 5.72. The molecule has 2 heterocycles. The number of hydrogen-bond donors (Lipinski definition) is 2. The minimum absolute atomic E-state index is 0.0116. The van der Waals surface area contributed by atoms with Crippen LogP contribution in [0.15, 0.2) is 23.1 Å². The van der Waals surface area contributed by atoms with Gasteiger partial charge in [0.1, 0.15) is 18.0 Å². The van der Waals surface area contributed by atoms with E-state index in [9.17, 15) is 13.2 Å². The summed E-state index contributed by atoms with van der Waals surface area (Å²) in [4.78, 5) is 13.9. The summed E-state index contributed by atoms with van der Waals surface area (Å²) in [6.07, 6.45) is 2.73. The normalized spacial score (nSPS) is 19.7. The van der Waals surface area contributed by atoms with E-state index in [0.29, 0.717) is 25.2 Å². The van der Waals surface area contributed by atoms with Crippen molar-refractivity contribution < 1.29 is 22.8 Å². The molecular formula is C18H27ClN3O4S+. The summed E-state index contributed by atoms with van der Waals surface area (Å²) >= 11 is 6.16. The van der Waals surface area contributed by atoms with Gasteiger partial charge in [-0.2, -0.15) is 4.31 Å². The molecule has 2 aliphatic heterocycles. The fraction of sp³-hybridized carbons (Fsp3) is 0.611. The predicted molar refractivity (Wildman–Crippen MR) is 103 cm³/mol. The number of halogens is 1. The van der Waals surface area contributed by atoms with Gasteiger partial charge in [-0.3, -0.25) is 4.79 Å². The largest absolute Gasteiger partial charge is 0.370 e. The second kappa shape index (κ2) is 9.34. The van der Waals surface area contributed by atoms with Gasteiger partial charge in [0, 0.05) is 18.7 Å². The molecule has 2 aliphatic rings. The van der Waals surface area contributed by atoms with Crippen molar-refractivity contribution in [2.75, 3.05) is 52.5 Å². The number of hydrogen-bond acceptors (Lipinski definition) is 4. The quantitative estimate of drug-likeness (QED) is 0.692. The lowest BCUT2D eigenvalue weighted by molar-refractivity contribution is -0.906. The molecule has 0 bridgehead atoms. The Morgan fingerprint density at radius 2 is 1.89 bits per heavy atom. The first kappa shape index (κ1) is 20.5. The minimum atomic E-state index is -3.68. The molecule has 27 heavy (non-hydrogen) atoms. The third kappa shape index (κ3) is 5.20. The van der Waals surface area contributed by atoms with E-state index in [0.717, 1.165) is 52.1 Å². The van der Waals surface area contributed by atoms with Crippen LogP contribution in [0.1, 0.15) is 29.6 Å². The maximum atomic E-state index is 12.9. The topological polar surface area (TPSA) is 80.1 Å². The number of piperidine rings is 1. The maximum absolute atomic E-state index is 12.9. The molecule has 1 aromatic rings. The number of morpholine rings is 1. The van der Waals surface area contributed by atoms with E-state index in [2.05, 4.69) is 5.32 Å². The average molecular weight is 417 g/mol. The Hall–Kier alpha value is -1.19. The van der Waals surface area contributed by atoms with Crippen LogP contribution in [-0.4, -0.2) is 71.1 Å².